The predicted octanol–water partition coefficient (Wildman–Crippen LogP) is 5.48. The van der Waals surface area contributed by atoms with Crippen LogP contribution in [0.15, 0.2) is 72.8 Å². The summed E-state index contributed by atoms with van der Waals surface area (Å²) in [5, 5.41) is 10.5. The molecular weight excluding hydrogens is 436 g/mol. The Hall–Kier alpha value is -3.31. The summed E-state index contributed by atoms with van der Waals surface area (Å²) in [6.45, 7) is 9.36. The monoisotopic (exact) mass is 472 g/mol. The van der Waals surface area contributed by atoms with Crippen LogP contribution in [0.4, 0.5) is 0 Å². The van der Waals surface area contributed by atoms with E-state index in [-0.39, 0.29) is 23.6 Å². The molecule has 1 fully saturated rings. The van der Waals surface area contributed by atoms with E-state index in [1.54, 1.807) is 13.2 Å². The number of ether oxygens (including phenoxy) is 1. The van der Waals surface area contributed by atoms with E-state index in [1.165, 1.54) is 11.1 Å². The molecule has 0 radical (unpaired) electrons. The van der Waals surface area contributed by atoms with Gasteiger partial charge in [-0.2, -0.15) is 0 Å². The summed E-state index contributed by atoms with van der Waals surface area (Å²) in [5.41, 5.74) is 4.16. The van der Waals surface area contributed by atoms with Crippen LogP contribution in [0.2, 0.25) is 0 Å². The van der Waals surface area contributed by atoms with E-state index in [4.69, 9.17) is 4.74 Å². The smallest absolute Gasteiger partial charge is 0.254 e. The van der Waals surface area contributed by atoms with Gasteiger partial charge in [-0.15, -0.1) is 0 Å². The van der Waals surface area contributed by atoms with E-state index in [2.05, 4.69) is 49.9 Å². The molecule has 0 aromatic heterocycles. The lowest BCUT2D eigenvalue weighted by atomic mass is 9.88. The molecule has 35 heavy (non-hydrogen) atoms. The number of likely N-dealkylation sites (tertiary alicyclic amines) is 1. The molecule has 2 atom stereocenters. The number of hydrogen-bond donors (Lipinski definition) is 1. The first kappa shape index (κ1) is 24.8. The minimum Gasteiger partial charge on any atom is -0.507 e. The van der Waals surface area contributed by atoms with E-state index in [1.807, 2.05) is 47.4 Å². The van der Waals surface area contributed by atoms with Crippen molar-refractivity contribution in [1.29, 1.82) is 0 Å². The molecule has 1 aliphatic heterocycles. The lowest BCUT2D eigenvalue weighted by Gasteiger charge is -2.32. The van der Waals surface area contributed by atoms with Gasteiger partial charge in [-0.05, 0) is 50.5 Å². The largest absolute Gasteiger partial charge is 0.507 e. The maximum atomic E-state index is 13.4. The van der Waals surface area contributed by atoms with Gasteiger partial charge < -0.3 is 14.7 Å². The van der Waals surface area contributed by atoms with Gasteiger partial charge in [0.15, 0.2) is 0 Å². The van der Waals surface area contributed by atoms with Crippen molar-refractivity contribution in [1.82, 2.24) is 9.80 Å². The Balaban J connectivity index is 1.58. The van der Waals surface area contributed by atoms with Crippen LogP contribution < -0.4 is 4.74 Å². The van der Waals surface area contributed by atoms with Gasteiger partial charge in [-0.25, -0.2) is 0 Å². The van der Waals surface area contributed by atoms with Crippen LogP contribution in [0, 0.1) is 12.8 Å². The van der Waals surface area contributed by atoms with Crippen LogP contribution in [-0.2, 0) is 6.54 Å². The second-order valence-corrected chi connectivity index (χ2v) is 9.88. The second-order valence-electron chi connectivity index (χ2n) is 9.88. The molecule has 0 saturated carbocycles. The fourth-order valence-electron chi connectivity index (χ4n) is 5.04. The van der Waals surface area contributed by atoms with Gasteiger partial charge in [0.05, 0.1) is 7.11 Å². The second kappa shape index (κ2) is 11.0. The normalized spacial score (nSPS) is 18.1. The number of hydrogen-bond acceptors (Lipinski definition) is 4. The molecule has 1 heterocycles. The molecule has 1 N–H and O–H groups in total. The first-order valence-corrected chi connectivity index (χ1v) is 12.4. The van der Waals surface area contributed by atoms with Crippen molar-refractivity contribution in [3.8, 4) is 11.5 Å². The van der Waals surface area contributed by atoms with E-state index >= 15 is 0 Å². The minimum absolute atomic E-state index is 0.0782. The van der Waals surface area contributed by atoms with Gasteiger partial charge in [0, 0.05) is 55.3 Å². The van der Waals surface area contributed by atoms with Crippen LogP contribution in [0.25, 0.3) is 0 Å². The summed E-state index contributed by atoms with van der Waals surface area (Å²) in [4.78, 5) is 17.8. The third-order valence-electron chi connectivity index (χ3n) is 7.04. The molecule has 5 heteroatoms. The highest BCUT2D eigenvalue weighted by molar-refractivity contribution is 5.94. The third-order valence-corrected chi connectivity index (χ3v) is 7.04. The zero-order valence-electron chi connectivity index (χ0n) is 21.1. The van der Waals surface area contributed by atoms with Crippen molar-refractivity contribution in [3.05, 3.63) is 95.1 Å². The van der Waals surface area contributed by atoms with Gasteiger partial charge in [-0.3, -0.25) is 9.69 Å². The number of aromatic hydroxyl groups is 1. The molecule has 0 bridgehead atoms. The number of benzene rings is 3. The molecule has 4 rings (SSSR count). The third kappa shape index (κ3) is 5.85. The minimum atomic E-state index is 0.0782. The molecule has 1 saturated heterocycles. The molecule has 1 aliphatic rings. The summed E-state index contributed by atoms with van der Waals surface area (Å²) in [6, 6.07) is 23.9. The first-order chi connectivity index (χ1) is 16.9. The van der Waals surface area contributed by atoms with Crippen molar-refractivity contribution in [3.63, 3.8) is 0 Å². The van der Waals surface area contributed by atoms with Gasteiger partial charge in [-0.1, -0.05) is 54.1 Å². The van der Waals surface area contributed by atoms with Crippen molar-refractivity contribution in [2.75, 3.05) is 26.7 Å². The van der Waals surface area contributed by atoms with Crippen LogP contribution in [0.3, 0.4) is 0 Å². The fraction of sp³-hybridized carbons (Fsp3) is 0.367. The summed E-state index contributed by atoms with van der Waals surface area (Å²) < 4.78 is 5.24. The van der Waals surface area contributed by atoms with Gasteiger partial charge in [0.2, 0.25) is 0 Å². The summed E-state index contributed by atoms with van der Waals surface area (Å²) in [6.07, 6.45) is 0. The summed E-state index contributed by atoms with van der Waals surface area (Å²) in [5.74, 6) is 1.57. The Bertz CT molecular complexity index is 1130. The Labute approximate surface area is 209 Å². The molecule has 5 nitrogen and oxygen atoms in total. The average molecular weight is 473 g/mol. The number of phenols is 1. The topological polar surface area (TPSA) is 53.0 Å². The molecule has 0 unspecified atom stereocenters. The van der Waals surface area contributed by atoms with E-state index in [0.717, 1.165) is 24.2 Å². The molecule has 3 aromatic carbocycles. The molecular formula is C30H36N2O3. The van der Waals surface area contributed by atoms with Crippen LogP contribution in [-0.4, -0.2) is 53.6 Å². The number of methoxy groups -OCH3 is 1. The Morgan fingerprint density at radius 2 is 1.77 bits per heavy atom. The lowest BCUT2D eigenvalue weighted by Crippen LogP contribution is -2.42. The fourth-order valence-corrected chi connectivity index (χ4v) is 5.04. The Morgan fingerprint density at radius 3 is 2.40 bits per heavy atom. The van der Waals surface area contributed by atoms with Crippen molar-refractivity contribution in [2.45, 2.75) is 39.3 Å². The maximum Gasteiger partial charge on any atom is 0.254 e. The zero-order valence-corrected chi connectivity index (χ0v) is 21.1. The summed E-state index contributed by atoms with van der Waals surface area (Å²) in [7, 11) is 1.60. The average Bonchev–Trinajstić information content (AvgIpc) is 3.26. The highest BCUT2D eigenvalue weighted by Gasteiger charge is 2.36. The number of carbonyl (C=O) groups excluding carboxylic acids is 1. The number of amides is 1. The molecule has 3 aromatic rings. The van der Waals surface area contributed by atoms with Crippen LogP contribution >= 0.6 is 0 Å². The van der Waals surface area contributed by atoms with Crippen LogP contribution in [0.1, 0.15) is 46.8 Å². The molecule has 1 amide bonds. The van der Waals surface area contributed by atoms with E-state index < -0.39 is 0 Å². The van der Waals surface area contributed by atoms with Crippen LogP contribution in [0.5, 0.6) is 11.5 Å². The van der Waals surface area contributed by atoms with Gasteiger partial charge >= 0.3 is 0 Å². The molecule has 0 aliphatic carbocycles. The molecule has 184 valence electrons. The standard InChI is InChI=1S/C30H36N2O3/c1-21(2)32(30(34)24-8-6-5-7-9-24)19-26-18-31(17-25-14-15-27(35-4)16-29(25)33)20-28(26)23-12-10-22(3)11-13-23/h5-16,21,26,28,33H,17-20H2,1-4H3/t26-,28+/m0/s1. The summed E-state index contributed by atoms with van der Waals surface area (Å²) >= 11 is 0. The number of phenolic OH excluding ortho intramolecular Hbond substituents is 1. The van der Waals surface area contributed by atoms with Crippen molar-refractivity contribution >= 4 is 5.91 Å². The van der Waals surface area contributed by atoms with Crippen molar-refractivity contribution < 1.29 is 14.6 Å². The quantitative estimate of drug-likeness (QED) is 0.472. The maximum absolute atomic E-state index is 13.4. The first-order valence-electron chi connectivity index (χ1n) is 12.4. The number of carbonyl (C=O) groups is 1. The van der Waals surface area contributed by atoms with Gasteiger partial charge in [0.25, 0.3) is 5.91 Å². The van der Waals surface area contributed by atoms with E-state index in [9.17, 15) is 9.90 Å². The zero-order chi connectivity index (χ0) is 24.9. The predicted molar refractivity (Wildman–Crippen MR) is 140 cm³/mol. The highest BCUT2D eigenvalue weighted by Crippen LogP contribution is 2.36. The van der Waals surface area contributed by atoms with E-state index in [0.29, 0.717) is 24.8 Å². The Morgan fingerprint density at radius 1 is 1.06 bits per heavy atom. The molecule has 0 spiro atoms. The van der Waals surface area contributed by atoms with Crippen molar-refractivity contribution in [2.24, 2.45) is 5.92 Å². The lowest BCUT2D eigenvalue weighted by molar-refractivity contribution is 0.0668. The number of aryl methyl sites for hydroxylation is 1. The number of rotatable bonds is 8. The van der Waals surface area contributed by atoms with Gasteiger partial charge in [0.1, 0.15) is 11.5 Å². The Kier molecular flexibility index (Phi) is 7.76. The highest BCUT2D eigenvalue weighted by atomic mass is 16.5. The SMILES string of the molecule is COc1ccc(CN2C[C@@H](CN(C(=O)c3ccccc3)C(C)C)[C@@H](c3ccc(C)cc3)C2)c(O)c1. The number of nitrogens with zero attached hydrogens (tertiary/aromatic N) is 2.